The Balaban J connectivity index is 2.74. The number of anilines is 1. The number of hydrogen-bond donors (Lipinski definition) is 6. The molecule has 0 saturated carbocycles. The van der Waals surface area contributed by atoms with Crippen molar-refractivity contribution >= 4 is 29.6 Å². The van der Waals surface area contributed by atoms with Crippen molar-refractivity contribution in [3.05, 3.63) is 29.8 Å². The van der Waals surface area contributed by atoms with E-state index < -0.39 is 36.0 Å². The van der Waals surface area contributed by atoms with Crippen LogP contribution < -0.4 is 32.7 Å². The lowest BCUT2D eigenvalue weighted by molar-refractivity contribution is -0.128. The third-order valence-electron chi connectivity index (χ3n) is 4.42. The van der Waals surface area contributed by atoms with Crippen LogP contribution in [0, 0.1) is 5.92 Å². The predicted octanol–water partition coefficient (Wildman–Crippen LogP) is 0.398. The largest absolute Gasteiger partial charge is 0.445 e. The molecule has 0 bridgehead atoms. The van der Waals surface area contributed by atoms with Crippen molar-refractivity contribution in [2.24, 2.45) is 17.4 Å². The van der Waals surface area contributed by atoms with E-state index in [-0.39, 0.29) is 25.5 Å². The van der Waals surface area contributed by atoms with Crippen molar-refractivity contribution in [2.45, 2.75) is 45.4 Å². The Morgan fingerprint density at radius 1 is 1.06 bits per heavy atom. The predicted molar refractivity (Wildman–Crippen MR) is 116 cm³/mol. The van der Waals surface area contributed by atoms with Crippen molar-refractivity contribution in [1.82, 2.24) is 16.0 Å². The molecule has 2 atom stereocenters. The number of benzene rings is 1. The van der Waals surface area contributed by atoms with Gasteiger partial charge >= 0.3 is 12.1 Å². The first-order valence-electron chi connectivity index (χ1n) is 9.97. The molecular formula is C20H32N6O5. The normalized spacial score (nSPS) is 12.4. The molecule has 11 heteroatoms. The van der Waals surface area contributed by atoms with Crippen LogP contribution in [0.4, 0.5) is 15.3 Å². The zero-order valence-electron chi connectivity index (χ0n) is 18.1. The van der Waals surface area contributed by atoms with E-state index in [1.54, 1.807) is 24.3 Å². The van der Waals surface area contributed by atoms with E-state index in [4.69, 9.17) is 16.2 Å². The number of urea groups is 1. The number of primary amides is 1. The van der Waals surface area contributed by atoms with E-state index in [9.17, 15) is 19.2 Å². The van der Waals surface area contributed by atoms with Crippen LogP contribution in [-0.4, -0.2) is 49.6 Å². The lowest BCUT2D eigenvalue weighted by atomic mass is 10.0. The lowest BCUT2D eigenvalue weighted by Gasteiger charge is -2.22. The van der Waals surface area contributed by atoms with Crippen LogP contribution in [-0.2, 0) is 20.9 Å². The maximum Gasteiger partial charge on any atom is 0.407 e. The summed E-state index contributed by atoms with van der Waals surface area (Å²) in [6.45, 7) is 3.98. The molecule has 0 fully saturated rings. The highest BCUT2D eigenvalue weighted by molar-refractivity contribution is 5.97. The highest BCUT2D eigenvalue weighted by atomic mass is 16.5. The Hall–Kier alpha value is -3.34. The van der Waals surface area contributed by atoms with Crippen LogP contribution in [0.15, 0.2) is 24.3 Å². The number of carbonyl (C=O) groups is 4. The average molecular weight is 437 g/mol. The Labute approximate surface area is 181 Å². The molecule has 31 heavy (non-hydrogen) atoms. The second-order valence-corrected chi connectivity index (χ2v) is 7.28. The number of amides is 5. The van der Waals surface area contributed by atoms with E-state index in [1.807, 2.05) is 13.8 Å². The first kappa shape index (κ1) is 25.7. The minimum absolute atomic E-state index is 0.0898. The molecule has 8 N–H and O–H groups in total. The van der Waals surface area contributed by atoms with Crippen LogP contribution in [0.2, 0.25) is 0 Å². The van der Waals surface area contributed by atoms with Crippen molar-refractivity contribution in [1.29, 1.82) is 0 Å². The summed E-state index contributed by atoms with van der Waals surface area (Å²) >= 11 is 0. The van der Waals surface area contributed by atoms with Gasteiger partial charge in [-0.3, -0.25) is 9.59 Å². The minimum atomic E-state index is -0.844. The smallest absolute Gasteiger partial charge is 0.407 e. The first-order chi connectivity index (χ1) is 14.6. The Morgan fingerprint density at radius 3 is 2.26 bits per heavy atom. The van der Waals surface area contributed by atoms with Crippen molar-refractivity contribution < 1.29 is 23.9 Å². The van der Waals surface area contributed by atoms with Crippen LogP contribution in [0.5, 0.6) is 0 Å². The number of carbonyl (C=O) groups excluding carboxylic acids is 4. The lowest BCUT2D eigenvalue weighted by Crippen LogP contribution is -2.51. The summed E-state index contributed by atoms with van der Waals surface area (Å²) in [6.07, 6.45) is 0.163. The monoisotopic (exact) mass is 436 g/mol. The number of ether oxygens (including phenoxy) is 1. The molecule has 2 unspecified atom stereocenters. The van der Waals surface area contributed by atoms with E-state index in [0.717, 1.165) is 5.56 Å². The van der Waals surface area contributed by atoms with Crippen LogP contribution in [0.1, 0.15) is 32.3 Å². The topological polar surface area (TPSA) is 178 Å². The van der Waals surface area contributed by atoms with Gasteiger partial charge in [-0.15, -0.1) is 0 Å². The van der Waals surface area contributed by atoms with Gasteiger partial charge in [0.25, 0.3) is 0 Å². The van der Waals surface area contributed by atoms with Gasteiger partial charge in [0.15, 0.2) is 0 Å². The number of nitrogens with one attached hydrogen (secondary N) is 4. The maximum atomic E-state index is 12.8. The van der Waals surface area contributed by atoms with Gasteiger partial charge in [-0.1, -0.05) is 26.0 Å². The SMILES string of the molecule is CNC(=O)OCc1ccc(NC(=O)C(CCCNC(N)=O)NC(=O)C(N)C(C)C)cc1. The molecule has 1 rings (SSSR count). The Morgan fingerprint density at radius 2 is 1.71 bits per heavy atom. The molecule has 0 aliphatic heterocycles. The maximum absolute atomic E-state index is 12.8. The summed E-state index contributed by atoms with van der Waals surface area (Å²) in [7, 11) is 1.47. The Bertz CT molecular complexity index is 753. The van der Waals surface area contributed by atoms with Gasteiger partial charge in [0.2, 0.25) is 11.8 Å². The van der Waals surface area contributed by atoms with Crippen LogP contribution >= 0.6 is 0 Å². The first-order valence-corrected chi connectivity index (χ1v) is 9.97. The molecule has 0 aliphatic rings. The van der Waals surface area contributed by atoms with Crippen LogP contribution in [0.25, 0.3) is 0 Å². The summed E-state index contributed by atoms with van der Waals surface area (Å²) in [5.41, 5.74) is 12.2. The second kappa shape index (κ2) is 13.1. The van der Waals surface area contributed by atoms with Gasteiger partial charge < -0.3 is 37.5 Å². The zero-order chi connectivity index (χ0) is 23.4. The average Bonchev–Trinajstić information content (AvgIpc) is 2.73. The van der Waals surface area contributed by atoms with E-state index >= 15 is 0 Å². The molecule has 172 valence electrons. The standard InChI is InChI=1S/C20H32N6O5/c1-12(2)16(21)18(28)26-15(5-4-10-24-19(22)29)17(27)25-14-8-6-13(7-9-14)11-31-20(30)23-3/h6-9,12,15-16H,4-5,10-11,21H2,1-3H3,(H,23,30)(H,25,27)(H,26,28)(H3,22,24,29). The van der Waals surface area contributed by atoms with Gasteiger partial charge in [-0.05, 0) is 36.5 Å². The third-order valence-corrected chi connectivity index (χ3v) is 4.42. The molecule has 0 spiro atoms. The molecule has 0 radical (unpaired) electrons. The zero-order valence-corrected chi connectivity index (χ0v) is 18.1. The molecule has 1 aromatic rings. The van der Waals surface area contributed by atoms with E-state index in [0.29, 0.717) is 12.1 Å². The van der Waals surface area contributed by atoms with E-state index in [1.165, 1.54) is 7.05 Å². The fraction of sp³-hybridized carbons (Fsp3) is 0.500. The van der Waals surface area contributed by atoms with Gasteiger partial charge in [-0.25, -0.2) is 9.59 Å². The minimum Gasteiger partial charge on any atom is -0.445 e. The molecule has 11 nitrogen and oxygen atoms in total. The second-order valence-electron chi connectivity index (χ2n) is 7.28. The summed E-state index contributed by atoms with van der Waals surface area (Å²) < 4.78 is 4.96. The summed E-state index contributed by atoms with van der Waals surface area (Å²) in [5.74, 6) is -0.942. The van der Waals surface area contributed by atoms with Crippen molar-refractivity contribution in [3.8, 4) is 0 Å². The Kier molecular flexibility index (Phi) is 10.8. The molecule has 0 saturated heterocycles. The number of rotatable bonds is 11. The number of nitrogens with two attached hydrogens (primary N) is 2. The summed E-state index contributed by atoms with van der Waals surface area (Å²) in [4.78, 5) is 47.0. The third kappa shape index (κ3) is 9.81. The molecule has 0 aromatic heterocycles. The fourth-order valence-electron chi connectivity index (χ4n) is 2.49. The molecule has 0 heterocycles. The number of hydrogen-bond acceptors (Lipinski definition) is 6. The van der Waals surface area contributed by atoms with Crippen LogP contribution in [0.3, 0.4) is 0 Å². The highest BCUT2D eigenvalue weighted by Crippen LogP contribution is 2.12. The highest BCUT2D eigenvalue weighted by Gasteiger charge is 2.25. The molecule has 0 aliphatic carbocycles. The van der Waals surface area contributed by atoms with Crippen molar-refractivity contribution in [2.75, 3.05) is 18.9 Å². The molecule has 1 aromatic carbocycles. The molecular weight excluding hydrogens is 404 g/mol. The quantitative estimate of drug-likeness (QED) is 0.273. The summed E-state index contributed by atoms with van der Waals surface area (Å²) in [5, 5.41) is 10.2. The van der Waals surface area contributed by atoms with E-state index in [2.05, 4.69) is 21.3 Å². The summed E-state index contributed by atoms with van der Waals surface area (Å²) in [6, 6.07) is 4.48. The fourth-order valence-corrected chi connectivity index (χ4v) is 2.49. The van der Waals surface area contributed by atoms with Gasteiger partial charge in [0.1, 0.15) is 12.6 Å². The number of alkyl carbamates (subject to hydrolysis) is 1. The van der Waals surface area contributed by atoms with Gasteiger partial charge in [0, 0.05) is 19.3 Å². The van der Waals surface area contributed by atoms with Crippen molar-refractivity contribution in [3.63, 3.8) is 0 Å². The van der Waals surface area contributed by atoms with Gasteiger partial charge in [-0.2, -0.15) is 0 Å². The van der Waals surface area contributed by atoms with Gasteiger partial charge in [0.05, 0.1) is 6.04 Å². The molecule has 5 amide bonds.